The summed E-state index contributed by atoms with van der Waals surface area (Å²) in [5.41, 5.74) is 7.35. The number of benzene rings is 1. The number of hydrogen-bond acceptors (Lipinski definition) is 3. The SMILES string of the molecule is Nc1ccc(-c2ccc(F)c3cc(F)cnc23)cn1. The van der Waals surface area contributed by atoms with Gasteiger partial charge in [-0.25, -0.2) is 13.8 Å². The zero-order valence-electron chi connectivity index (χ0n) is 9.77. The summed E-state index contributed by atoms with van der Waals surface area (Å²) in [6.45, 7) is 0. The Morgan fingerprint density at radius 3 is 2.53 bits per heavy atom. The van der Waals surface area contributed by atoms with E-state index in [2.05, 4.69) is 9.97 Å². The molecule has 0 bridgehead atoms. The molecule has 0 aliphatic carbocycles. The lowest BCUT2D eigenvalue weighted by Crippen LogP contribution is -1.92. The summed E-state index contributed by atoms with van der Waals surface area (Å²) in [6, 6.07) is 7.42. The minimum absolute atomic E-state index is 0.148. The Balaban J connectivity index is 2.30. The number of hydrogen-bond donors (Lipinski definition) is 1. The topological polar surface area (TPSA) is 51.8 Å². The van der Waals surface area contributed by atoms with Gasteiger partial charge in [-0.05, 0) is 30.3 Å². The van der Waals surface area contributed by atoms with Gasteiger partial charge in [0.25, 0.3) is 0 Å². The lowest BCUT2D eigenvalue weighted by atomic mass is 10.0. The molecule has 0 aliphatic rings. The van der Waals surface area contributed by atoms with Gasteiger partial charge in [-0.1, -0.05) is 0 Å². The Labute approximate surface area is 107 Å². The number of halogens is 2. The number of aromatic nitrogens is 2. The first-order valence-electron chi connectivity index (χ1n) is 5.61. The molecule has 0 spiro atoms. The summed E-state index contributed by atoms with van der Waals surface area (Å²) < 4.78 is 26.8. The van der Waals surface area contributed by atoms with Crippen molar-refractivity contribution in [1.29, 1.82) is 0 Å². The zero-order valence-corrected chi connectivity index (χ0v) is 9.77. The average molecular weight is 257 g/mol. The molecule has 3 rings (SSSR count). The summed E-state index contributed by atoms with van der Waals surface area (Å²) in [7, 11) is 0. The van der Waals surface area contributed by atoms with E-state index in [-0.39, 0.29) is 5.39 Å². The van der Waals surface area contributed by atoms with Gasteiger partial charge >= 0.3 is 0 Å². The second kappa shape index (κ2) is 4.28. The molecule has 2 heterocycles. The molecule has 94 valence electrons. The zero-order chi connectivity index (χ0) is 13.4. The third-order valence-corrected chi connectivity index (χ3v) is 2.86. The van der Waals surface area contributed by atoms with E-state index in [9.17, 15) is 8.78 Å². The standard InChI is InChI=1S/C14H9F2N3/c15-9-5-11-12(16)3-2-10(14(11)19-7-9)8-1-4-13(17)18-6-8/h1-7H,(H2,17,18). The van der Waals surface area contributed by atoms with Crippen LogP contribution in [0.2, 0.25) is 0 Å². The lowest BCUT2D eigenvalue weighted by Gasteiger charge is -2.07. The molecule has 0 aliphatic heterocycles. The maximum atomic E-state index is 13.7. The highest BCUT2D eigenvalue weighted by molar-refractivity contribution is 5.93. The van der Waals surface area contributed by atoms with Crippen LogP contribution in [0.1, 0.15) is 0 Å². The lowest BCUT2D eigenvalue weighted by molar-refractivity contribution is 0.617. The Morgan fingerprint density at radius 1 is 0.947 bits per heavy atom. The predicted molar refractivity (Wildman–Crippen MR) is 69.3 cm³/mol. The summed E-state index contributed by atoms with van der Waals surface area (Å²) in [5.74, 6) is -0.678. The predicted octanol–water partition coefficient (Wildman–Crippen LogP) is 3.16. The molecule has 0 unspecified atom stereocenters. The van der Waals surface area contributed by atoms with Crippen molar-refractivity contribution >= 4 is 16.7 Å². The highest BCUT2D eigenvalue weighted by Crippen LogP contribution is 2.29. The maximum Gasteiger partial charge on any atom is 0.142 e. The van der Waals surface area contributed by atoms with Gasteiger partial charge in [-0.2, -0.15) is 0 Å². The van der Waals surface area contributed by atoms with Gasteiger partial charge in [0.05, 0.1) is 11.7 Å². The number of nitrogens with zero attached hydrogens (tertiary/aromatic N) is 2. The van der Waals surface area contributed by atoms with Crippen LogP contribution in [-0.2, 0) is 0 Å². The molecular weight excluding hydrogens is 248 g/mol. The molecule has 2 N–H and O–H groups in total. The van der Waals surface area contributed by atoms with Crippen LogP contribution in [0.3, 0.4) is 0 Å². The first-order valence-corrected chi connectivity index (χ1v) is 5.61. The van der Waals surface area contributed by atoms with Crippen LogP contribution < -0.4 is 5.73 Å². The Bertz CT molecular complexity index is 754. The molecule has 0 amide bonds. The molecule has 3 aromatic rings. The quantitative estimate of drug-likeness (QED) is 0.728. The fourth-order valence-electron chi connectivity index (χ4n) is 1.96. The van der Waals surface area contributed by atoms with Crippen molar-refractivity contribution in [2.45, 2.75) is 0 Å². The minimum atomic E-state index is -0.570. The van der Waals surface area contributed by atoms with Gasteiger partial charge in [0.15, 0.2) is 0 Å². The van der Waals surface area contributed by atoms with E-state index in [0.29, 0.717) is 16.9 Å². The molecule has 0 saturated carbocycles. The second-order valence-corrected chi connectivity index (χ2v) is 4.12. The molecule has 0 atom stereocenters. The highest BCUT2D eigenvalue weighted by Gasteiger charge is 2.10. The highest BCUT2D eigenvalue weighted by atomic mass is 19.1. The minimum Gasteiger partial charge on any atom is -0.384 e. The summed E-state index contributed by atoms with van der Waals surface area (Å²) in [6.07, 6.45) is 2.64. The fraction of sp³-hybridized carbons (Fsp3) is 0. The molecule has 2 aromatic heterocycles. The van der Waals surface area contributed by atoms with Crippen molar-refractivity contribution in [3.8, 4) is 11.1 Å². The van der Waals surface area contributed by atoms with E-state index >= 15 is 0 Å². The first kappa shape index (κ1) is 11.5. The van der Waals surface area contributed by atoms with Crippen molar-refractivity contribution in [2.24, 2.45) is 0 Å². The van der Waals surface area contributed by atoms with Crippen molar-refractivity contribution < 1.29 is 8.78 Å². The summed E-state index contributed by atoms with van der Waals surface area (Å²) in [5, 5.41) is 0.148. The van der Waals surface area contributed by atoms with E-state index in [1.54, 1.807) is 24.4 Å². The third kappa shape index (κ3) is 1.99. The normalized spacial score (nSPS) is 10.8. The van der Waals surface area contributed by atoms with Crippen LogP contribution in [0.15, 0.2) is 42.7 Å². The van der Waals surface area contributed by atoms with Crippen molar-refractivity contribution in [1.82, 2.24) is 9.97 Å². The van der Waals surface area contributed by atoms with Gasteiger partial charge in [-0.3, -0.25) is 4.98 Å². The number of rotatable bonds is 1. The van der Waals surface area contributed by atoms with Gasteiger partial charge < -0.3 is 5.73 Å². The van der Waals surface area contributed by atoms with Gasteiger partial charge in [0, 0.05) is 22.7 Å². The Morgan fingerprint density at radius 2 is 1.79 bits per heavy atom. The number of pyridine rings is 2. The van der Waals surface area contributed by atoms with E-state index in [1.807, 2.05) is 0 Å². The number of fused-ring (bicyclic) bond motifs is 1. The van der Waals surface area contributed by atoms with E-state index in [4.69, 9.17) is 5.73 Å². The van der Waals surface area contributed by atoms with Crippen LogP contribution in [0.5, 0.6) is 0 Å². The van der Waals surface area contributed by atoms with Gasteiger partial charge in [-0.15, -0.1) is 0 Å². The Kier molecular flexibility index (Phi) is 2.59. The van der Waals surface area contributed by atoms with Crippen LogP contribution in [0, 0.1) is 11.6 Å². The Hall–Kier alpha value is -2.56. The van der Waals surface area contributed by atoms with E-state index < -0.39 is 11.6 Å². The van der Waals surface area contributed by atoms with E-state index in [0.717, 1.165) is 17.8 Å². The molecule has 0 fully saturated rings. The second-order valence-electron chi connectivity index (χ2n) is 4.12. The number of anilines is 1. The van der Waals surface area contributed by atoms with Crippen molar-refractivity contribution in [3.05, 3.63) is 54.4 Å². The summed E-state index contributed by atoms with van der Waals surface area (Å²) in [4.78, 5) is 7.95. The van der Waals surface area contributed by atoms with Gasteiger partial charge in [0.2, 0.25) is 0 Å². The van der Waals surface area contributed by atoms with Crippen LogP contribution in [0.4, 0.5) is 14.6 Å². The molecule has 0 radical (unpaired) electrons. The number of nitrogen functional groups attached to an aromatic ring is 1. The van der Waals surface area contributed by atoms with Gasteiger partial charge in [0.1, 0.15) is 17.5 Å². The largest absolute Gasteiger partial charge is 0.384 e. The van der Waals surface area contributed by atoms with Crippen molar-refractivity contribution in [2.75, 3.05) is 5.73 Å². The summed E-state index contributed by atoms with van der Waals surface area (Å²) >= 11 is 0. The maximum absolute atomic E-state index is 13.7. The molecule has 3 nitrogen and oxygen atoms in total. The third-order valence-electron chi connectivity index (χ3n) is 2.86. The molecule has 0 saturated heterocycles. The smallest absolute Gasteiger partial charge is 0.142 e. The van der Waals surface area contributed by atoms with Crippen LogP contribution in [0.25, 0.3) is 22.0 Å². The molecule has 1 aromatic carbocycles. The average Bonchev–Trinajstić information content (AvgIpc) is 2.41. The monoisotopic (exact) mass is 257 g/mol. The van der Waals surface area contributed by atoms with Crippen LogP contribution >= 0.6 is 0 Å². The first-order chi connectivity index (χ1) is 9.15. The molecular formula is C14H9F2N3. The fourth-order valence-corrected chi connectivity index (χ4v) is 1.96. The van der Waals surface area contributed by atoms with E-state index in [1.165, 1.54) is 6.07 Å². The molecule has 19 heavy (non-hydrogen) atoms. The number of nitrogens with two attached hydrogens (primary N) is 1. The molecule has 5 heteroatoms. The van der Waals surface area contributed by atoms with Crippen LogP contribution in [-0.4, -0.2) is 9.97 Å². The van der Waals surface area contributed by atoms with Crippen molar-refractivity contribution in [3.63, 3.8) is 0 Å².